The van der Waals surface area contributed by atoms with Crippen LogP contribution in [0.5, 0.6) is 0 Å². The SMILES string of the molecule is CCCCCOC1COC(=O)C1. The molecule has 0 saturated carbocycles. The molecular formula is C9H16O3. The van der Waals surface area contributed by atoms with Crippen molar-refractivity contribution in [3.8, 4) is 0 Å². The van der Waals surface area contributed by atoms with Gasteiger partial charge in [-0.25, -0.2) is 0 Å². The molecule has 0 aliphatic carbocycles. The molecule has 1 unspecified atom stereocenters. The Kier molecular flexibility index (Phi) is 4.08. The van der Waals surface area contributed by atoms with E-state index in [1.807, 2.05) is 0 Å². The molecule has 0 aromatic carbocycles. The molecule has 0 aromatic rings. The van der Waals surface area contributed by atoms with Crippen LogP contribution in [0.25, 0.3) is 0 Å². The van der Waals surface area contributed by atoms with Gasteiger partial charge in [-0.2, -0.15) is 0 Å². The highest BCUT2D eigenvalue weighted by Crippen LogP contribution is 2.10. The van der Waals surface area contributed by atoms with E-state index in [0.717, 1.165) is 13.0 Å². The van der Waals surface area contributed by atoms with E-state index in [4.69, 9.17) is 9.47 Å². The van der Waals surface area contributed by atoms with Gasteiger partial charge in [-0.1, -0.05) is 19.8 Å². The van der Waals surface area contributed by atoms with Crippen molar-refractivity contribution in [3.63, 3.8) is 0 Å². The first-order valence-electron chi connectivity index (χ1n) is 4.60. The summed E-state index contributed by atoms with van der Waals surface area (Å²) in [6.45, 7) is 3.36. The van der Waals surface area contributed by atoms with E-state index < -0.39 is 0 Å². The molecule has 12 heavy (non-hydrogen) atoms. The minimum Gasteiger partial charge on any atom is -0.463 e. The van der Waals surface area contributed by atoms with Gasteiger partial charge >= 0.3 is 5.97 Å². The van der Waals surface area contributed by atoms with Crippen molar-refractivity contribution in [2.45, 2.75) is 38.7 Å². The van der Waals surface area contributed by atoms with Gasteiger partial charge in [-0.15, -0.1) is 0 Å². The fourth-order valence-corrected chi connectivity index (χ4v) is 1.20. The van der Waals surface area contributed by atoms with Crippen LogP contribution in [0.4, 0.5) is 0 Å². The summed E-state index contributed by atoms with van der Waals surface area (Å²) in [5.41, 5.74) is 0. The van der Waals surface area contributed by atoms with Gasteiger partial charge in [0.15, 0.2) is 0 Å². The zero-order chi connectivity index (χ0) is 8.81. The largest absolute Gasteiger partial charge is 0.463 e. The van der Waals surface area contributed by atoms with Crippen molar-refractivity contribution >= 4 is 5.97 Å². The molecule has 70 valence electrons. The van der Waals surface area contributed by atoms with Crippen molar-refractivity contribution in [2.75, 3.05) is 13.2 Å². The Hall–Kier alpha value is -0.570. The number of cyclic esters (lactones) is 1. The number of rotatable bonds is 5. The average molecular weight is 172 g/mol. The van der Waals surface area contributed by atoms with Crippen LogP contribution in [0.1, 0.15) is 32.6 Å². The Labute approximate surface area is 73.0 Å². The van der Waals surface area contributed by atoms with E-state index in [1.54, 1.807) is 0 Å². The first kappa shape index (κ1) is 9.52. The minimum absolute atomic E-state index is 0.0226. The van der Waals surface area contributed by atoms with Gasteiger partial charge in [0.1, 0.15) is 12.7 Å². The van der Waals surface area contributed by atoms with Crippen molar-refractivity contribution < 1.29 is 14.3 Å². The Morgan fingerprint density at radius 2 is 2.42 bits per heavy atom. The molecule has 1 aliphatic heterocycles. The second-order valence-electron chi connectivity index (χ2n) is 3.09. The number of hydrogen-bond donors (Lipinski definition) is 0. The number of hydrogen-bond acceptors (Lipinski definition) is 3. The maximum atomic E-state index is 10.6. The Morgan fingerprint density at radius 3 is 3.00 bits per heavy atom. The summed E-state index contributed by atoms with van der Waals surface area (Å²) in [5, 5.41) is 0. The Bertz CT molecular complexity index is 145. The van der Waals surface area contributed by atoms with Crippen LogP contribution in [0.2, 0.25) is 0 Å². The van der Waals surface area contributed by atoms with Crippen LogP contribution in [0.15, 0.2) is 0 Å². The zero-order valence-electron chi connectivity index (χ0n) is 7.54. The molecule has 1 rings (SSSR count). The normalized spacial score (nSPS) is 22.8. The molecule has 0 N–H and O–H groups in total. The number of carbonyl (C=O) groups excluding carboxylic acids is 1. The maximum absolute atomic E-state index is 10.6. The molecule has 0 bridgehead atoms. The molecule has 0 radical (unpaired) electrons. The highest BCUT2D eigenvalue weighted by molar-refractivity contribution is 5.71. The van der Waals surface area contributed by atoms with Crippen LogP contribution >= 0.6 is 0 Å². The third-order valence-corrected chi connectivity index (χ3v) is 1.93. The maximum Gasteiger partial charge on any atom is 0.308 e. The molecular weight excluding hydrogens is 156 g/mol. The van der Waals surface area contributed by atoms with E-state index in [2.05, 4.69) is 6.92 Å². The molecule has 0 spiro atoms. The lowest BCUT2D eigenvalue weighted by Crippen LogP contribution is -2.13. The highest BCUT2D eigenvalue weighted by atomic mass is 16.6. The van der Waals surface area contributed by atoms with Crippen molar-refractivity contribution in [1.82, 2.24) is 0 Å². The summed E-state index contributed by atoms with van der Waals surface area (Å²) in [6.07, 6.45) is 3.94. The predicted octanol–water partition coefficient (Wildman–Crippen LogP) is 1.51. The van der Waals surface area contributed by atoms with Gasteiger partial charge in [0, 0.05) is 6.61 Å². The first-order valence-corrected chi connectivity index (χ1v) is 4.60. The lowest BCUT2D eigenvalue weighted by Gasteiger charge is -2.07. The Balaban J connectivity index is 1.97. The van der Waals surface area contributed by atoms with E-state index in [1.165, 1.54) is 12.8 Å². The molecule has 1 atom stereocenters. The number of carbonyl (C=O) groups is 1. The van der Waals surface area contributed by atoms with Gasteiger partial charge in [0.25, 0.3) is 0 Å². The minimum atomic E-state index is -0.129. The van der Waals surface area contributed by atoms with E-state index in [-0.39, 0.29) is 12.1 Å². The fourth-order valence-electron chi connectivity index (χ4n) is 1.20. The summed E-state index contributed by atoms with van der Waals surface area (Å²) in [7, 11) is 0. The predicted molar refractivity (Wildman–Crippen MR) is 44.8 cm³/mol. The monoisotopic (exact) mass is 172 g/mol. The van der Waals surface area contributed by atoms with Crippen LogP contribution in [0, 0.1) is 0 Å². The van der Waals surface area contributed by atoms with E-state index in [9.17, 15) is 4.79 Å². The van der Waals surface area contributed by atoms with E-state index in [0.29, 0.717) is 13.0 Å². The fraction of sp³-hybridized carbons (Fsp3) is 0.889. The standard InChI is InChI=1S/C9H16O3/c1-2-3-4-5-11-8-6-9(10)12-7-8/h8H,2-7H2,1H3. The average Bonchev–Trinajstić information content (AvgIpc) is 2.45. The molecule has 0 amide bonds. The molecule has 3 heteroatoms. The molecule has 0 aromatic heterocycles. The van der Waals surface area contributed by atoms with Gasteiger partial charge in [-0.3, -0.25) is 4.79 Å². The van der Waals surface area contributed by atoms with Gasteiger partial charge < -0.3 is 9.47 Å². The smallest absolute Gasteiger partial charge is 0.308 e. The summed E-state index contributed by atoms with van der Waals surface area (Å²) in [6, 6.07) is 0. The van der Waals surface area contributed by atoms with Crippen molar-refractivity contribution in [1.29, 1.82) is 0 Å². The number of esters is 1. The van der Waals surface area contributed by atoms with Crippen LogP contribution in [-0.4, -0.2) is 25.3 Å². The van der Waals surface area contributed by atoms with Crippen LogP contribution in [0.3, 0.4) is 0 Å². The number of unbranched alkanes of at least 4 members (excludes halogenated alkanes) is 2. The topological polar surface area (TPSA) is 35.5 Å². The van der Waals surface area contributed by atoms with E-state index >= 15 is 0 Å². The van der Waals surface area contributed by atoms with Gasteiger partial charge in [0.2, 0.25) is 0 Å². The molecule has 1 fully saturated rings. The third kappa shape index (κ3) is 3.22. The lowest BCUT2D eigenvalue weighted by molar-refractivity contribution is -0.137. The molecule has 1 heterocycles. The highest BCUT2D eigenvalue weighted by Gasteiger charge is 2.23. The van der Waals surface area contributed by atoms with Crippen molar-refractivity contribution in [2.24, 2.45) is 0 Å². The lowest BCUT2D eigenvalue weighted by atomic mass is 10.2. The van der Waals surface area contributed by atoms with Crippen molar-refractivity contribution in [3.05, 3.63) is 0 Å². The zero-order valence-corrected chi connectivity index (χ0v) is 7.54. The third-order valence-electron chi connectivity index (χ3n) is 1.93. The van der Waals surface area contributed by atoms with Crippen LogP contribution in [-0.2, 0) is 14.3 Å². The summed E-state index contributed by atoms with van der Waals surface area (Å²) < 4.78 is 10.2. The summed E-state index contributed by atoms with van der Waals surface area (Å²) >= 11 is 0. The number of ether oxygens (including phenoxy) is 2. The summed E-state index contributed by atoms with van der Waals surface area (Å²) in [5.74, 6) is -0.129. The molecule has 3 nitrogen and oxygen atoms in total. The second-order valence-corrected chi connectivity index (χ2v) is 3.09. The first-order chi connectivity index (χ1) is 5.83. The molecule has 1 saturated heterocycles. The Morgan fingerprint density at radius 1 is 1.58 bits per heavy atom. The van der Waals surface area contributed by atoms with Crippen LogP contribution < -0.4 is 0 Å². The van der Waals surface area contributed by atoms with Gasteiger partial charge in [0.05, 0.1) is 6.42 Å². The second kappa shape index (κ2) is 5.14. The molecule has 1 aliphatic rings. The van der Waals surface area contributed by atoms with Gasteiger partial charge in [-0.05, 0) is 6.42 Å². The quantitative estimate of drug-likeness (QED) is 0.466. The summed E-state index contributed by atoms with van der Waals surface area (Å²) in [4.78, 5) is 10.6.